The van der Waals surface area contributed by atoms with E-state index in [2.05, 4.69) is 10.6 Å². The predicted molar refractivity (Wildman–Crippen MR) is 115 cm³/mol. The van der Waals surface area contributed by atoms with Crippen LogP contribution >= 0.6 is 0 Å². The number of nitrogens with zero attached hydrogens (tertiary/aromatic N) is 1. The zero-order valence-corrected chi connectivity index (χ0v) is 19.0. The van der Waals surface area contributed by atoms with Crippen molar-refractivity contribution in [1.29, 1.82) is 0 Å². The van der Waals surface area contributed by atoms with Gasteiger partial charge in [0, 0.05) is 18.9 Å². The van der Waals surface area contributed by atoms with E-state index >= 15 is 0 Å². The van der Waals surface area contributed by atoms with Crippen LogP contribution in [0.5, 0.6) is 0 Å². The maximum atomic E-state index is 13.3. The SMILES string of the molecule is COC(=O)[C@H](C[C@@H]1CCNC1=O)NC(=O)[C@@H]1Cc2ccccc2CN1C(=O)OC(C)(C)C. The highest BCUT2D eigenvalue weighted by molar-refractivity contribution is 5.91. The summed E-state index contributed by atoms with van der Waals surface area (Å²) in [6.07, 6.45) is 0.416. The van der Waals surface area contributed by atoms with Crippen LogP contribution in [0.4, 0.5) is 4.79 Å². The number of carbonyl (C=O) groups is 4. The molecule has 0 saturated carbocycles. The van der Waals surface area contributed by atoms with Crippen molar-refractivity contribution in [2.24, 2.45) is 5.92 Å². The molecule has 1 aromatic carbocycles. The monoisotopic (exact) mass is 445 g/mol. The minimum atomic E-state index is -0.987. The second-order valence-electron chi connectivity index (χ2n) is 9.19. The second kappa shape index (κ2) is 9.58. The molecule has 2 aliphatic rings. The molecule has 2 aliphatic heterocycles. The predicted octanol–water partition coefficient (Wildman–Crippen LogP) is 1.53. The van der Waals surface area contributed by atoms with Crippen LogP contribution in [0.15, 0.2) is 24.3 Å². The van der Waals surface area contributed by atoms with Crippen molar-refractivity contribution in [1.82, 2.24) is 15.5 Å². The molecule has 0 aliphatic carbocycles. The summed E-state index contributed by atoms with van der Waals surface area (Å²) in [5, 5.41) is 5.45. The smallest absolute Gasteiger partial charge is 0.411 e. The summed E-state index contributed by atoms with van der Waals surface area (Å²) in [7, 11) is 1.24. The fourth-order valence-electron chi connectivity index (χ4n) is 4.05. The third-order valence-corrected chi connectivity index (χ3v) is 5.66. The molecule has 0 bridgehead atoms. The van der Waals surface area contributed by atoms with Crippen LogP contribution in [-0.2, 0) is 36.8 Å². The number of amides is 3. The number of fused-ring (bicyclic) bond motifs is 1. The van der Waals surface area contributed by atoms with E-state index in [0.717, 1.165) is 11.1 Å². The van der Waals surface area contributed by atoms with Crippen molar-refractivity contribution in [3.05, 3.63) is 35.4 Å². The Bertz CT molecular complexity index is 894. The van der Waals surface area contributed by atoms with Gasteiger partial charge in [-0.2, -0.15) is 0 Å². The average molecular weight is 446 g/mol. The molecule has 174 valence electrons. The first-order valence-electron chi connectivity index (χ1n) is 10.8. The molecule has 0 radical (unpaired) electrons. The normalized spacial score (nSPS) is 21.2. The topological polar surface area (TPSA) is 114 Å². The van der Waals surface area contributed by atoms with Crippen LogP contribution in [0.3, 0.4) is 0 Å². The molecule has 9 nitrogen and oxygen atoms in total. The zero-order valence-electron chi connectivity index (χ0n) is 19.0. The first-order valence-corrected chi connectivity index (χ1v) is 10.8. The highest BCUT2D eigenvalue weighted by atomic mass is 16.6. The number of methoxy groups -OCH3 is 1. The average Bonchev–Trinajstić information content (AvgIpc) is 3.14. The Kier molecular flexibility index (Phi) is 7.06. The molecule has 1 saturated heterocycles. The molecule has 3 amide bonds. The van der Waals surface area contributed by atoms with Gasteiger partial charge >= 0.3 is 12.1 Å². The van der Waals surface area contributed by atoms with Crippen LogP contribution in [0.2, 0.25) is 0 Å². The van der Waals surface area contributed by atoms with Crippen LogP contribution in [0.1, 0.15) is 44.7 Å². The summed E-state index contributed by atoms with van der Waals surface area (Å²) in [4.78, 5) is 51.9. The van der Waals surface area contributed by atoms with E-state index in [9.17, 15) is 19.2 Å². The number of ether oxygens (including phenoxy) is 2. The van der Waals surface area contributed by atoms with Crippen molar-refractivity contribution in [2.45, 2.75) is 64.3 Å². The molecule has 0 spiro atoms. The van der Waals surface area contributed by atoms with E-state index < -0.39 is 35.7 Å². The standard InChI is InChI=1S/C23H31N3O6/c1-23(2,3)32-22(30)26-13-16-8-6-5-7-14(16)12-18(26)20(28)25-17(21(29)31-4)11-15-9-10-24-19(15)27/h5-8,15,17-18H,9-13H2,1-4H3,(H,24,27)(H,25,28)/t15-,17-,18-/m0/s1. The van der Waals surface area contributed by atoms with Crippen molar-refractivity contribution in [2.75, 3.05) is 13.7 Å². The Balaban J connectivity index is 1.81. The van der Waals surface area contributed by atoms with E-state index in [1.54, 1.807) is 20.8 Å². The Morgan fingerprint density at radius 3 is 2.50 bits per heavy atom. The molecule has 1 aromatic rings. The minimum absolute atomic E-state index is 0.139. The molecule has 1 fully saturated rings. The lowest BCUT2D eigenvalue weighted by Gasteiger charge is -2.37. The number of esters is 1. The van der Waals surface area contributed by atoms with Gasteiger partial charge in [-0.15, -0.1) is 0 Å². The molecule has 0 aromatic heterocycles. The van der Waals surface area contributed by atoms with Gasteiger partial charge in [-0.25, -0.2) is 9.59 Å². The lowest BCUT2D eigenvalue weighted by Crippen LogP contribution is -2.56. The third-order valence-electron chi connectivity index (χ3n) is 5.66. The molecule has 2 heterocycles. The van der Waals surface area contributed by atoms with Gasteiger partial charge in [-0.05, 0) is 44.7 Å². The number of hydrogen-bond donors (Lipinski definition) is 2. The molecule has 3 atom stereocenters. The number of hydrogen-bond acceptors (Lipinski definition) is 6. The molecule has 9 heteroatoms. The van der Waals surface area contributed by atoms with Crippen molar-refractivity contribution < 1.29 is 28.7 Å². The molecule has 3 rings (SSSR count). The Morgan fingerprint density at radius 2 is 1.91 bits per heavy atom. The molecular formula is C23H31N3O6. The Morgan fingerprint density at radius 1 is 1.22 bits per heavy atom. The highest BCUT2D eigenvalue weighted by Gasteiger charge is 2.39. The van der Waals surface area contributed by atoms with E-state index in [-0.39, 0.29) is 24.8 Å². The first kappa shape index (κ1) is 23.6. The molecule has 32 heavy (non-hydrogen) atoms. The quantitative estimate of drug-likeness (QED) is 0.665. The largest absolute Gasteiger partial charge is 0.467 e. The van der Waals surface area contributed by atoms with Gasteiger partial charge in [0.2, 0.25) is 11.8 Å². The van der Waals surface area contributed by atoms with Crippen LogP contribution in [-0.4, -0.2) is 60.1 Å². The van der Waals surface area contributed by atoms with Crippen LogP contribution in [0.25, 0.3) is 0 Å². The summed E-state index contributed by atoms with van der Waals surface area (Å²) in [5.74, 6) is -1.64. The highest BCUT2D eigenvalue weighted by Crippen LogP contribution is 2.26. The van der Waals surface area contributed by atoms with Gasteiger partial charge in [0.05, 0.1) is 13.7 Å². The van der Waals surface area contributed by atoms with Gasteiger partial charge in [-0.3, -0.25) is 14.5 Å². The fraction of sp³-hybridized carbons (Fsp3) is 0.565. The Labute approximate surface area is 187 Å². The Hall–Kier alpha value is -3.10. The lowest BCUT2D eigenvalue weighted by molar-refractivity contribution is -0.146. The van der Waals surface area contributed by atoms with Gasteiger partial charge in [0.25, 0.3) is 0 Å². The second-order valence-corrected chi connectivity index (χ2v) is 9.19. The van der Waals surface area contributed by atoms with Gasteiger partial charge < -0.3 is 20.1 Å². The van der Waals surface area contributed by atoms with Crippen LogP contribution in [0, 0.1) is 5.92 Å². The third kappa shape index (κ3) is 5.57. The van der Waals surface area contributed by atoms with E-state index in [4.69, 9.17) is 9.47 Å². The van der Waals surface area contributed by atoms with E-state index in [1.807, 2.05) is 24.3 Å². The van der Waals surface area contributed by atoms with Crippen molar-refractivity contribution in [3.8, 4) is 0 Å². The van der Waals surface area contributed by atoms with Gasteiger partial charge in [0.15, 0.2) is 0 Å². The van der Waals surface area contributed by atoms with Gasteiger partial charge in [-0.1, -0.05) is 24.3 Å². The lowest BCUT2D eigenvalue weighted by atomic mass is 9.93. The number of carbonyl (C=O) groups excluding carboxylic acids is 4. The first-order chi connectivity index (χ1) is 15.1. The molecule has 0 unspecified atom stereocenters. The number of rotatable bonds is 5. The summed E-state index contributed by atoms with van der Waals surface area (Å²) in [6.45, 7) is 6.04. The van der Waals surface area contributed by atoms with Crippen LogP contribution < -0.4 is 10.6 Å². The van der Waals surface area contributed by atoms with Crippen molar-refractivity contribution in [3.63, 3.8) is 0 Å². The summed E-state index contributed by atoms with van der Waals surface area (Å²) in [5.41, 5.74) is 1.17. The van der Waals surface area contributed by atoms with E-state index in [1.165, 1.54) is 12.0 Å². The van der Waals surface area contributed by atoms with E-state index in [0.29, 0.717) is 19.4 Å². The minimum Gasteiger partial charge on any atom is -0.467 e. The molecule has 2 N–H and O–H groups in total. The number of nitrogens with one attached hydrogen (secondary N) is 2. The summed E-state index contributed by atoms with van der Waals surface area (Å²) < 4.78 is 10.4. The molecular weight excluding hydrogens is 414 g/mol. The maximum Gasteiger partial charge on any atom is 0.411 e. The van der Waals surface area contributed by atoms with Crippen molar-refractivity contribution >= 4 is 23.9 Å². The summed E-state index contributed by atoms with van der Waals surface area (Å²) >= 11 is 0. The fourth-order valence-corrected chi connectivity index (χ4v) is 4.05. The van der Waals surface area contributed by atoms with Gasteiger partial charge in [0.1, 0.15) is 17.7 Å². The number of benzene rings is 1. The summed E-state index contributed by atoms with van der Waals surface area (Å²) in [6, 6.07) is 5.75. The maximum absolute atomic E-state index is 13.3. The zero-order chi connectivity index (χ0) is 23.5.